The monoisotopic (exact) mass is 302 g/mol. The van der Waals surface area contributed by atoms with Crippen LogP contribution >= 0.6 is 23.2 Å². The Morgan fingerprint density at radius 2 is 1.89 bits per heavy atom. The molecule has 19 heavy (non-hydrogen) atoms. The third kappa shape index (κ3) is 3.42. The van der Waals surface area contributed by atoms with Crippen LogP contribution in [0.25, 0.3) is 0 Å². The predicted octanol–water partition coefficient (Wildman–Crippen LogP) is 3.18. The molecule has 0 spiro atoms. The van der Waals surface area contributed by atoms with Gasteiger partial charge in [-0.05, 0) is 23.7 Å². The third-order valence-electron chi connectivity index (χ3n) is 2.08. The zero-order valence-electron chi connectivity index (χ0n) is 10.1. The number of nitrogens with zero attached hydrogens (tertiary/aromatic N) is 4. The molecule has 0 radical (unpaired) electrons. The van der Waals surface area contributed by atoms with E-state index < -0.39 is 5.82 Å². The molecule has 8 heteroatoms. The molecule has 0 aliphatic heterocycles. The lowest BCUT2D eigenvalue weighted by Crippen LogP contribution is -2.13. The van der Waals surface area contributed by atoms with Gasteiger partial charge in [0.05, 0.1) is 5.02 Å². The van der Waals surface area contributed by atoms with Crippen molar-refractivity contribution in [1.29, 1.82) is 0 Å². The van der Waals surface area contributed by atoms with Gasteiger partial charge in [0.25, 0.3) is 0 Å². The SMILES string of the molecule is CN(C)c1nc(Cl)nc(Oc2ccc(Cl)c(F)c2)n1. The molecule has 1 aromatic heterocycles. The first kappa shape index (κ1) is 13.8. The van der Waals surface area contributed by atoms with Crippen molar-refractivity contribution in [3.05, 3.63) is 34.3 Å². The molecule has 0 N–H and O–H groups in total. The van der Waals surface area contributed by atoms with Gasteiger partial charge >= 0.3 is 6.01 Å². The van der Waals surface area contributed by atoms with Crippen molar-refractivity contribution in [2.24, 2.45) is 0 Å². The number of hydrogen-bond donors (Lipinski definition) is 0. The topological polar surface area (TPSA) is 51.1 Å². The van der Waals surface area contributed by atoms with Crippen LogP contribution in [0.3, 0.4) is 0 Å². The Hall–Kier alpha value is -1.66. The second-order valence-corrected chi connectivity index (χ2v) is 4.50. The molecule has 0 amide bonds. The lowest BCUT2D eigenvalue weighted by molar-refractivity contribution is 0.436. The van der Waals surface area contributed by atoms with Gasteiger partial charge in [0.1, 0.15) is 11.6 Å². The van der Waals surface area contributed by atoms with Gasteiger partial charge in [-0.25, -0.2) is 4.39 Å². The molecule has 0 unspecified atom stereocenters. The summed E-state index contributed by atoms with van der Waals surface area (Å²) in [4.78, 5) is 13.4. The van der Waals surface area contributed by atoms with Gasteiger partial charge in [-0.15, -0.1) is 0 Å². The van der Waals surface area contributed by atoms with Crippen molar-refractivity contribution in [1.82, 2.24) is 15.0 Å². The molecule has 5 nitrogen and oxygen atoms in total. The van der Waals surface area contributed by atoms with Crippen molar-refractivity contribution >= 4 is 29.2 Å². The van der Waals surface area contributed by atoms with Gasteiger partial charge in [-0.3, -0.25) is 0 Å². The highest BCUT2D eigenvalue weighted by molar-refractivity contribution is 6.30. The number of ether oxygens (including phenoxy) is 1. The van der Waals surface area contributed by atoms with Gasteiger partial charge in [0.15, 0.2) is 0 Å². The Morgan fingerprint density at radius 3 is 2.53 bits per heavy atom. The van der Waals surface area contributed by atoms with Crippen molar-refractivity contribution < 1.29 is 9.13 Å². The number of aromatic nitrogens is 3. The predicted molar refractivity (Wildman–Crippen MR) is 70.6 cm³/mol. The first-order valence-corrected chi connectivity index (χ1v) is 5.93. The summed E-state index contributed by atoms with van der Waals surface area (Å²) < 4.78 is 18.6. The summed E-state index contributed by atoms with van der Waals surface area (Å²) in [5, 5.41) is -0.00172. The Bertz CT molecular complexity index is 609. The molecular formula is C11H9Cl2FN4O. The lowest BCUT2D eigenvalue weighted by atomic mass is 10.3. The van der Waals surface area contributed by atoms with E-state index in [4.69, 9.17) is 27.9 Å². The summed E-state index contributed by atoms with van der Waals surface area (Å²) >= 11 is 11.3. The fourth-order valence-corrected chi connectivity index (χ4v) is 1.48. The lowest BCUT2D eigenvalue weighted by Gasteiger charge is -2.11. The number of halogens is 3. The number of hydrogen-bond acceptors (Lipinski definition) is 5. The summed E-state index contributed by atoms with van der Waals surface area (Å²) in [5.74, 6) is -0.0366. The van der Waals surface area contributed by atoms with Crippen molar-refractivity contribution in [2.75, 3.05) is 19.0 Å². The molecule has 0 saturated heterocycles. The van der Waals surface area contributed by atoms with Gasteiger partial charge in [0, 0.05) is 20.2 Å². The molecule has 1 heterocycles. The number of rotatable bonds is 3. The van der Waals surface area contributed by atoms with E-state index in [1.165, 1.54) is 12.1 Å². The minimum atomic E-state index is -0.591. The molecule has 0 atom stereocenters. The van der Waals surface area contributed by atoms with Gasteiger partial charge in [0.2, 0.25) is 11.2 Å². The van der Waals surface area contributed by atoms with E-state index in [1.807, 2.05) is 0 Å². The third-order valence-corrected chi connectivity index (χ3v) is 2.55. The Kier molecular flexibility index (Phi) is 4.01. The Labute approximate surface area is 119 Å². The molecule has 100 valence electrons. The van der Waals surface area contributed by atoms with Crippen LogP contribution in [0.1, 0.15) is 0 Å². The summed E-state index contributed by atoms with van der Waals surface area (Å²) in [6.45, 7) is 0. The molecule has 0 aliphatic carbocycles. The van der Waals surface area contributed by atoms with E-state index in [0.29, 0.717) is 5.95 Å². The minimum Gasteiger partial charge on any atom is -0.424 e. The molecule has 0 aliphatic rings. The zero-order valence-corrected chi connectivity index (χ0v) is 11.6. The largest absolute Gasteiger partial charge is 0.424 e. The summed E-state index contributed by atoms with van der Waals surface area (Å²) in [6, 6.07) is 3.99. The van der Waals surface area contributed by atoms with Crippen LogP contribution in [0.5, 0.6) is 11.8 Å². The van der Waals surface area contributed by atoms with E-state index in [2.05, 4.69) is 15.0 Å². The van der Waals surface area contributed by atoms with E-state index in [-0.39, 0.29) is 22.1 Å². The highest BCUT2D eigenvalue weighted by Crippen LogP contribution is 2.24. The maximum absolute atomic E-state index is 13.3. The quantitative estimate of drug-likeness (QED) is 0.871. The molecule has 0 bridgehead atoms. The average molecular weight is 303 g/mol. The molecular weight excluding hydrogens is 294 g/mol. The van der Waals surface area contributed by atoms with Crippen LogP contribution in [0.2, 0.25) is 10.3 Å². The highest BCUT2D eigenvalue weighted by atomic mass is 35.5. The normalized spacial score (nSPS) is 10.4. The molecule has 0 fully saturated rings. The van der Waals surface area contributed by atoms with E-state index in [0.717, 1.165) is 6.07 Å². The highest BCUT2D eigenvalue weighted by Gasteiger charge is 2.10. The second kappa shape index (κ2) is 5.54. The summed E-state index contributed by atoms with van der Waals surface area (Å²) in [5.41, 5.74) is 0. The Morgan fingerprint density at radius 1 is 1.16 bits per heavy atom. The smallest absolute Gasteiger partial charge is 0.328 e. The summed E-state index contributed by atoms with van der Waals surface area (Å²) in [6.07, 6.45) is 0. The summed E-state index contributed by atoms with van der Waals surface area (Å²) in [7, 11) is 3.49. The van der Waals surface area contributed by atoms with Crippen LogP contribution in [0.4, 0.5) is 10.3 Å². The standard InChI is InChI=1S/C11H9Cl2FN4O/c1-18(2)10-15-9(13)16-11(17-10)19-6-3-4-7(12)8(14)5-6/h3-5H,1-2H3. The van der Waals surface area contributed by atoms with Crippen molar-refractivity contribution in [2.45, 2.75) is 0 Å². The molecule has 2 aromatic rings. The van der Waals surface area contributed by atoms with E-state index in [9.17, 15) is 4.39 Å². The van der Waals surface area contributed by atoms with Gasteiger partial charge in [-0.2, -0.15) is 15.0 Å². The van der Waals surface area contributed by atoms with Crippen LogP contribution in [-0.2, 0) is 0 Å². The maximum Gasteiger partial charge on any atom is 0.328 e. The van der Waals surface area contributed by atoms with Crippen molar-refractivity contribution in [3.8, 4) is 11.8 Å². The minimum absolute atomic E-state index is 0.00927. The number of anilines is 1. The van der Waals surface area contributed by atoms with Gasteiger partial charge < -0.3 is 9.64 Å². The zero-order chi connectivity index (χ0) is 14.0. The van der Waals surface area contributed by atoms with Crippen LogP contribution < -0.4 is 9.64 Å². The Balaban J connectivity index is 2.29. The molecule has 0 saturated carbocycles. The first-order chi connectivity index (χ1) is 8.95. The van der Waals surface area contributed by atoms with E-state index in [1.54, 1.807) is 19.0 Å². The fourth-order valence-electron chi connectivity index (χ4n) is 1.21. The van der Waals surface area contributed by atoms with Crippen LogP contribution in [0.15, 0.2) is 18.2 Å². The first-order valence-electron chi connectivity index (χ1n) is 5.17. The second-order valence-electron chi connectivity index (χ2n) is 3.76. The van der Waals surface area contributed by atoms with Crippen molar-refractivity contribution in [3.63, 3.8) is 0 Å². The molecule has 1 aromatic carbocycles. The van der Waals surface area contributed by atoms with E-state index >= 15 is 0 Å². The fraction of sp³-hybridized carbons (Fsp3) is 0.182. The maximum atomic E-state index is 13.3. The van der Waals surface area contributed by atoms with Crippen LogP contribution in [0, 0.1) is 5.82 Å². The van der Waals surface area contributed by atoms with Gasteiger partial charge in [-0.1, -0.05) is 11.6 Å². The molecule has 2 rings (SSSR count). The average Bonchev–Trinajstić information content (AvgIpc) is 2.33. The number of benzene rings is 1. The van der Waals surface area contributed by atoms with Crippen LogP contribution in [-0.4, -0.2) is 29.0 Å².